The first-order valence-electron chi connectivity index (χ1n) is 4.14. The van der Waals surface area contributed by atoms with Crippen LogP contribution in [0.2, 0.25) is 0 Å². The summed E-state index contributed by atoms with van der Waals surface area (Å²) in [6, 6.07) is 3.51. The number of carbonyl (C=O) groups is 1. The van der Waals surface area contributed by atoms with Crippen LogP contribution in [0.1, 0.15) is 10.5 Å². The number of aliphatic hydroxyl groups is 1. The van der Waals surface area contributed by atoms with Crippen molar-refractivity contribution in [3.63, 3.8) is 0 Å². The summed E-state index contributed by atoms with van der Waals surface area (Å²) in [5.41, 5.74) is 1.39. The lowest BCUT2D eigenvalue weighted by Crippen LogP contribution is -2.50. The SMILES string of the molecule is O=Cc1ccc(N2CC(O)C2)cn1. The number of carbonyl (C=O) groups excluding carboxylic acids is 1. The Hall–Kier alpha value is -1.42. The lowest BCUT2D eigenvalue weighted by atomic mass is 10.1. The number of pyridine rings is 1. The molecular weight excluding hydrogens is 168 g/mol. The van der Waals surface area contributed by atoms with Gasteiger partial charge in [-0.3, -0.25) is 9.78 Å². The topological polar surface area (TPSA) is 53.4 Å². The fraction of sp³-hybridized carbons (Fsp3) is 0.333. The van der Waals surface area contributed by atoms with E-state index in [4.69, 9.17) is 5.11 Å². The highest BCUT2D eigenvalue weighted by Gasteiger charge is 2.24. The van der Waals surface area contributed by atoms with Gasteiger partial charge in [0.15, 0.2) is 6.29 Å². The highest BCUT2D eigenvalue weighted by atomic mass is 16.3. The van der Waals surface area contributed by atoms with Gasteiger partial charge < -0.3 is 10.0 Å². The Kier molecular flexibility index (Phi) is 1.98. The summed E-state index contributed by atoms with van der Waals surface area (Å²) in [6.45, 7) is 1.31. The van der Waals surface area contributed by atoms with Crippen LogP contribution in [0.3, 0.4) is 0 Å². The van der Waals surface area contributed by atoms with Gasteiger partial charge in [0, 0.05) is 13.1 Å². The monoisotopic (exact) mass is 178 g/mol. The maximum atomic E-state index is 10.3. The van der Waals surface area contributed by atoms with Crippen LogP contribution in [-0.4, -0.2) is 35.6 Å². The van der Waals surface area contributed by atoms with E-state index in [-0.39, 0.29) is 6.10 Å². The van der Waals surface area contributed by atoms with Gasteiger partial charge in [0.2, 0.25) is 0 Å². The van der Waals surface area contributed by atoms with E-state index in [1.807, 2.05) is 11.0 Å². The molecule has 0 aromatic carbocycles. The van der Waals surface area contributed by atoms with Gasteiger partial charge in [0.05, 0.1) is 18.0 Å². The average molecular weight is 178 g/mol. The molecular formula is C9H10N2O2. The maximum absolute atomic E-state index is 10.3. The van der Waals surface area contributed by atoms with Gasteiger partial charge in [0.25, 0.3) is 0 Å². The maximum Gasteiger partial charge on any atom is 0.168 e. The fourth-order valence-corrected chi connectivity index (χ4v) is 1.32. The Morgan fingerprint density at radius 3 is 2.77 bits per heavy atom. The van der Waals surface area contributed by atoms with Crippen LogP contribution >= 0.6 is 0 Å². The smallest absolute Gasteiger partial charge is 0.168 e. The van der Waals surface area contributed by atoms with Gasteiger partial charge in [0.1, 0.15) is 5.69 Å². The third-order valence-corrected chi connectivity index (χ3v) is 2.12. The minimum Gasteiger partial charge on any atom is -0.389 e. The van der Waals surface area contributed by atoms with Crippen molar-refractivity contribution in [2.75, 3.05) is 18.0 Å². The van der Waals surface area contributed by atoms with Crippen LogP contribution in [0.15, 0.2) is 18.3 Å². The molecule has 0 amide bonds. The number of anilines is 1. The van der Waals surface area contributed by atoms with E-state index in [9.17, 15) is 4.79 Å². The highest BCUT2D eigenvalue weighted by Crippen LogP contribution is 2.19. The molecule has 1 fully saturated rings. The molecule has 1 saturated heterocycles. The molecule has 0 spiro atoms. The summed E-state index contributed by atoms with van der Waals surface area (Å²) in [7, 11) is 0. The summed E-state index contributed by atoms with van der Waals surface area (Å²) >= 11 is 0. The van der Waals surface area contributed by atoms with Gasteiger partial charge in [-0.05, 0) is 12.1 Å². The van der Waals surface area contributed by atoms with Gasteiger partial charge >= 0.3 is 0 Å². The molecule has 0 bridgehead atoms. The molecule has 0 unspecified atom stereocenters. The minimum absolute atomic E-state index is 0.217. The standard InChI is InChI=1S/C9H10N2O2/c12-6-7-1-2-8(3-10-7)11-4-9(13)5-11/h1-3,6,9,13H,4-5H2. The second kappa shape index (κ2) is 3.14. The average Bonchev–Trinajstić information content (AvgIpc) is 2.13. The van der Waals surface area contributed by atoms with Crippen LogP contribution in [0.5, 0.6) is 0 Å². The summed E-state index contributed by atoms with van der Waals surface area (Å²) in [5.74, 6) is 0. The van der Waals surface area contributed by atoms with E-state index in [0.717, 1.165) is 5.69 Å². The Morgan fingerprint density at radius 1 is 1.54 bits per heavy atom. The predicted molar refractivity (Wildman–Crippen MR) is 47.8 cm³/mol. The van der Waals surface area contributed by atoms with Crippen molar-refractivity contribution in [1.29, 1.82) is 0 Å². The molecule has 0 aliphatic carbocycles. The quantitative estimate of drug-likeness (QED) is 0.651. The van der Waals surface area contributed by atoms with Crippen molar-refractivity contribution in [2.45, 2.75) is 6.10 Å². The summed E-state index contributed by atoms with van der Waals surface area (Å²) in [4.78, 5) is 16.2. The molecule has 1 aromatic heterocycles. The molecule has 0 radical (unpaired) electrons. The first kappa shape index (κ1) is 8.19. The summed E-state index contributed by atoms with van der Waals surface area (Å²) in [5, 5.41) is 9.06. The zero-order chi connectivity index (χ0) is 9.26. The van der Waals surface area contributed by atoms with Gasteiger partial charge in [-0.25, -0.2) is 0 Å². The van der Waals surface area contributed by atoms with Crippen molar-refractivity contribution in [2.24, 2.45) is 0 Å². The third kappa shape index (κ3) is 1.53. The highest BCUT2D eigenvalue weighted by molar-refractivity contribution is 5.72. The van der Waals surface area contributed by atoms with E-state index in [1.165, 1.54) is 0 Å². The molecule has 68 valence electrons. The lowest BCUT2D eigenvalue weighted by Gasteiger charge is -2.37. The van der Waals surface area contributed by atoms with Crippen molar-refractivity contribution in [1.82, 2.24) is 4.98 Å². The number of nitrogens with zero attached hydrogens (tertiary/aromatic N) is 2. The third-order valence-electron chi connectivity index (χ3n) is 2.12. The van der Waals surface area contributed by atoms with Crippen LogP contribution in [0.4, 0.5) is 5.69 Å². The predicted octanol–water partition coefficient (Wildman–Crippen LogP) is 0.0750. The summed E-state index contributed by atoms with van der Waals surface area (Å²) < 4.78 is 0. The summed E-state index contributed by atoms with van der Waals surface area (Å²) in [6.07, 6.45) is 2.15. The molecule has 2 rings (SSSR count). The van der Waals surface area contributed by atoms with Gasteiger partial charge in [-0.1, -0.05) is 0 Å². The molecule has 4 nitrogen and oxygen atoms in total. The first-order chi connectivity index (χ1) is 6.29. The van der Waals surface area contributed by atoms with Crippen molar-refractivity contribution >= 4 is 12.0 Å². The fourth-order valence-electron chi connectivity index (χ4n) is 1.32. The number of hydrogen-bond donors (Lipinski definition) is 1. The number of aromatic nitrogens is 1. The molecule has 1 aliphatic heterocycles. The molecule has 13 heavy (non-hydrogen) atoms. The Balaban J connectivity index is 2.10. The minimum atomic E-state index is -0.217. The number of aldehydes is 1. The van der Waals surface area contributed by atoms with Crippen molar-refractivity contribution in [3.05, 3.63) is 24.0 Å². The van der Waals surface area contributed by atoms with E-state index >= 15 is 0 Å². The van der Waals surface area contributed by atoms with Crippen LogP contribution in [0.25, 0.3) is 0 Å². The Labute approximate surface area is 75.8 Å². The number of aliphatic hydroxyl groups excluding tert-OH is 1. The normalized spacial score (nSPS) is 16.8. The molecule has 4 heteroatoms. The largest absolute Gasteiger partial charge is 0.389 e. The van der Waals surface area contributed by atoms with Crippen LogP contribution in [-0.2, 0) is 0 Å². The lowest BCUT2D eigenvalue weighted by molar-refractivity contribution is 0.111. The van der Waals surface area contributed by atoms with E-state index < -0.39 is 0 Å². The number of hydrogen-bond acceptors (Lipinski definition) is 4. The second-order valence-electron chi connectivity index (χ2n) is 3.12. The van der Waals surface area contributed by atoms with E-state index in [2.05, 4.69) is 4.98 Å². The van der Waals surface area contributed by atoms with Crippen LogP contribution in [0, 0.1) is 0 Å². The molecule has 1 N–H and O–H groups in total. The zero-order valence-electron chi connectivity index (χ0n) is 7.05. The molecule has 1 aromatic rings. The second-order valence-corrected chi connectivity index (χ2v) is 3.12. The van der Waals surface area contributed by atoms with Crippen molar-refractivity contribution < 1.29 is 9.90 Å². The van der Waals surface area contributed by atoms with Crippen molar-refractivity contribution in [3.8, 4) is 0 Å². The van der Waals surface area contributed by atoms with Gasteiger partial charge in [-0.2, -0.15) is 0 Å². The number of β-amino-alcohol motifs (C(OH)–C–C–N with tert-alkyl or cyclic N) is 1. The van der Waals surface area contributed by atoms with Gasteiger partial charge in [-0.15, -0.1) is 0 Å². The molecule has 1 aliphatic rings. The Morgan fingerprint density at radius 2 is 2.31 bits per heavy atom. The molecule has 0 atom stereocenters. The number of rotatable bonds is 2. The van der Waals surface area contributed by atoms with E-state index in [0.29, 0.717) is 25.1 Å². The molecule has 2 heterocycles. The van der Waals surface area contributed by atoms with E-state index in [1.54, 1.807) is 12.3 Å². The van der Waals surface area contributed by atoms with Crippen LogP contribution < -0.4 is 4.90 Å². The first-order valence-corrected chi connectivity index (χ1v) is 4.14. The Bertz CT molecular complexity index is 304. The zero-order valence-corrected chi connectivity index (χ0v) is 7.05. The molecule has 0 saturated carbocycles.